The number of aromatic nitrogens is 3. The lowest BCUT2D eigenvalue weighted by atomic mass is 9.92. The van der Waals surface area contributed by atoms with Crippen LogP contribution in [0.1, 0.15) is 52.9 Å². The molecule has 1 aromatic heterocycles. The van der Waals surface area contributed by atoms with Gasteiger partial charge in [-0.1, -0.05) is 6.92 Å². The van der Waals surface area contributed by atoms with Gasteiger partial charge in [-0.25, -0.2) is 9.67 Å². The second kappa shape index (κ2) is 5.59. The number of hydrogen-bond donors (Lipinski definition) is 1. The summed E-state index contributed by atoms with van der Waals surface area (Å²) in [5, 5.41) is 7.92. The third-order valence-electron chi connectivity index (χ3n) is 4.32. The van der Waals surface area contributed by atoms with E-state index in [1.54, 1.807) is 6.33 Å². The number of hydrogen-bond acceptors (Lipinski definition) is 4. The van der Waals surface area contributed by atoms with Crippen LogP contribution >= 0.6 is 0 Å². The van der Waals surface area contributed by atoms with Gasteiger partial charge in [0.25, 0.3) is 0 Å². The molecule has 2 heterocycles. The molecule has 2 rings (SSSR count). The summed E-state index contributed by atoms with van der Waals surface area (Å²) < 4.78 is 2.03. The van der Waals surface area contributed by atoms with E-state index in [0.29, 0.717) is 12.1 Å². The normalized spacial score (nSPS) is 29.1. The highest BCUT2D eigenvalue weighted by Crippen LogP contribution is 2.24. The first-order valence-corrected chi connectivity index (χ1v) is 7.33. The second-order valence-electron chi connectivity index (χ2n) is 6.23. The van der Waals surface area contributed by atoms with E-state index in [4.69, 9.17) is 0 Å². The quantitative estimate of drug-likeness (QED) is 0.902. The SMILES string of the molecule is CCC1(C)CNC(C)CN1Cc1ncnn1C(C)C. The molecule has 2 unspecified atom stereocenters. The molecular formula is C14H27N5. The monoisotopic (exact) mass is 265 g/mol. The Morgan fingerprint density at radius 3 is 2.89 bits per heavy atom. The molecule has 5 nitrogen and oxygen atoms in total. The zero-order valence-electron chi connectivity index (χ0n) is 12.8. The molecule has 1 aliphatic rings. The van der Waals surface area contributed by atoms with E-state index in [-0.39, 0.29) is 5.54 Å². The Morgan fingerprint density at radius 1 is 1.53 bits per heavy atom. The van der Waals surface area contributed by atoms with Gasteiger partial charge in [0.15, 0.2) is 0 Å². The first-order chi connectivity index (χ1) is 8.96. The molecule has 19 heavy (non-hydrogen) atoms. The first kappa shape index (κ1) is 14.5. The zero-order valence-corrected chi connectivity index (χ0v) is 12.8. The van der Waals surface area contributed by atoms with Gasteiger partial charge in [-0.2, -0.15) is 5.10 Å². The molecular weight excluding hydrogens is 238 g/mol. The molecule has 0 amide bonds. The van der Waals surface area contributed by atoms with Crippen molar-refractivity contribution in [2.45, 2.75) is 65.2 Å². The van der Waals surface area contributed by atoms with Crippen molar-refractivity contribution in [3.63, 3.8) is 0 Å². The highest BCUT2D eigenvalue weighted by atomic mass is 15.4. The summed E-state index contributed by atoms with van der Waals surface area (Å²) in [6.45, 7) is 14.1. The largest absolute Gasteiger partial charge is 0.311 e. The van der Waals surface area contributed by atoms with E-state index in [1.807, 2.05) is 4.68 Å². The molecule has 0 radical (unpaired) electrons. The van der Waals surface area contributed by atoms with Crippen molar-refractivity contribution in [2.24, 2.45) is 0 Å². The second-order valence-corrected chi connectivity index (χ2v) is 6.23. The lowest BCUT2D eigenvalue weighted by Crippen LogP contribution is -2.62. The fraction of sp³-hybridized carbons (Fsp3) is 0.857. The molecule has 1 fully saturated rings. The van der Waals surface area contributed by atoms with Crippen molar-refractivity contribution < 1.29 is 0 Å². The minimum absolute atomic E-state index is 0.209. The summed E-state index contributed by atoms with van der Waals surface area (Å²) in [5.41, 5.74) is 0.209. The molecule has 0 spiro atoms. The molecule has 1 saturated heterocycles. The van der Waals surface area contributed by atoms with Crippen molar-refractivity contribution in [1.29, 1.82) is 0 Å². The molecule has 1 aliphatic heterocycles. The summed E-state index contributed by atoms with van der Waals surface area (Å²) in [6, 6.07) is 0.903. The van der Waals surface area contributed by atoms with Crippen LogP contribution < -0.4 is 5.32 Å². The average molecular weight is 265 g/mol. The van der Waals surface area contributed by atoms with Crippen LogP contribution in [0.4, 0.5) is 0 Å². The zero-order chi connectivity index (χ0) is 14.0. The molecule has 2 atom stereocenters. The fourth-order valence-corrected chi connectivity index (χ4v) is 2.71. The maximum Gasteiger partial charge on any atom is 0.141 e. The molecule has 108 valence electrons. The van der Waals surface area contributed by atoms with Crippen LogP contribution in [-0.4, -0.2) is 44.3 Å². The van der Waals surface area contributed by atoms with Crippen LogP contribution in [0.25, 0.3) is 0 Å². The number of piperazine rings is 1. The van der Waals surface area contributed by atoms with Gasteiger partial charge in [0, 0.05) is 30.7 Å². The third-order valence-corrected chi connectivity index (χ3v) is 4.32. The highest BCUT2D eigenvalue weighted by Gasteiger charge is 2.35. The lowest BCUT2D eigenvalue weighted by Gasteiger charge is -2.47. The van der Waals surface area contributed by atoms with E-state index in [9.17, 15) is 0 Å². The predicted molar refractivity (Wildman–Crippen MR) is 77.0 cm³/mol. The van der Waals surface area contributed by atoms with Crippen LogP contribution in [-0.2, 0) is 6.54 Å². The molecule has 5 heteroatoms. The molecule has 0 aromatic carbocycles. The van der Waals surface area contributed by atoms with Crippen molar-refractivity contribution in [2.75, 3.05) is 13.1 Å². The third kappa shape index (κ3) is 2.98. The maximum absolute atomic E-state index is 4.45. The minimum Gasteiger partial charge on any atom is -0.311 e. The standard InChI is InChI=1S/C14H27N5/c1-6-14(5)9-15-12(4)7-18(14)8-13-16-10-17-19(13)11(2)3/h10-12,15H,6-9H2,1-5H3. The van der Waals surface area contributed by atoms with Gasteiger partial charge in [-0.3, -0.25) is 4.90 Å². The van der Waals surface area contributed by atoms with Crippen LogP contribution in [0.15, 0.2) is 6.33 Å². The summed E-state index contributed by atoms with van der Waals surface area (Å²) in [6.07, 6.45) is 2.81. The van der Waals surface area contributed by atoms with Gasteiger partial charge in [0.05, 0.1) is 6.54 Å². The Morgan fingerprint density at radius 2 is 2.26 bits per heavy atom. The Hall–Kier alpha value is -0.940. The van der Waals surface area contributed by atoms with Crippen molar-refractivity contribution in [1.82, 2.24) is 25.0 Å². The predicted octanol–water partition coefficient (Wildman–Crippen LogP) is 1.82. The molecule has 0 bridgehead atoms. The van der Waals surface area contributed by atoms with Gasteiger partial charge in [-0.15, -0.1) is 0 Å². The van der Waals surface area contributed by atoms with E-state index in [0.717, 1.165) is 31.9 Å². The van der Waals surface area contributed by atoms with Crippen LogP contribution in [0.5, 0.6) is 0 Å². The van der Waals surface area contributed by atoms with Crippen LogP contribution in [0.3, 0.4) is 0 Å². The highest BCUT2D eigenvalue weighted by molar-refractivity contribution is 4.97. The van der Waals surface area contributed by atoms with E-state index < -0.39 is 0 Å². The fourth-order valence-electron chi connectivity index (χ4n) is 2.71. The van der Waals surface area contributed by atoms with Crippen molar-refractivity contribution in [3.8, 4) is 0 Å². The maximum atomic E-state index is 4.45. The molecule has 0 aliphatic carbocycles. The Bertz CT molecular complexity index is 414. The van der Waals surface area contributed by atoms with E-state index in [2.05, 4.69) is 54.9 Å². The molecule has 1 N–H and O–H groups in total. The summed E-state index contributed by atoms with van der Waals surface area (Å²) in [4.78, 5) is 7.00. The van der Waals surface area contributed by atoms with Crippen molar-refractivity contribution in [3.05, 3.63) is 12.2 Å². The summed E-state index contributed by atoms with van der Waals surface area (Å²) >= 11 is 0. The summed E-state index contributed by atoms with van der Waals surface area (Å²) in [5.74, 6) is 1.07. The first-order valence-electron chi connectivity index (χ1n) is 7.33. The molecule has 0 saturated carbocycles. The molecule has 1 aromatic rings. The minimum atomic E-state index is 0.209. The van der Waals surface area contributed by atoms with Gasteiger partial charge in [0.1, 0.15) is 12.2 Å². The van der Waals surface area contributed by atoms with Crippen LogP contribution in [0.2, 0.25) is 0 Å². The van der Waals surface area contributed by atoms with Gasteiger partial charge >= 0.3 is 0 Å². The topological polar surface area (TPSA) is 46.0 Å². The number of nitrogens with zero attached hydrogens (tertiary/aromatic N) is 4. The lowest BCUT2D eigenvalue weighted by molar-refractivity contribution is 0.0415. The van der Waals surface area contributed by atoms with Crippen molar-refractivity contribution >= 4 is 0 Å². The van der Waals surface area contributed by atoms with Gasteiger partial charge < -0.3 is 5.32 Å². The van der Waals surface area contributed by atoms with E-state index >= 15 is 0 Å². The number of rotatable bonds is 4. The number of nitrogens with one attached hydrogen (secondary N) is 1. The summed E-state index contributed by atoms with van der Waals surface area (Å²) in [7, 11) is 0. The Kier molecular flexibility index (Phi) is 4.26. The van der Waals surface area contributed by atoms with Gasteiger partial charge in [-0.05, 0) is 34.1 Å². The van der Waals surface area contributed by atoms with Gasteiger partial charge in [0.2, 0.25) is 0 Å². The van der Waals surface area contributed by atoms with E-state index in [1.165, 1.54) is 0 Å². The Labute approximate surface area is 116 Å². The smallest absolute Gasteiger partial charge is 0.141 e. The Balaban J connectivity index is 2.17. The van der Waals surface area contributed by atoms with Crippen LogP contribution in [0, 0.1) is 0 Å². The average Bonchev–Trinajstić information content (AvgIpc) is 2.82.